The predicted molar refractivity (Wildman–Crippen MR) is 68.1 cm³/mol. The third-order valence-electron chi connectivity index (χ3n) is 2.70. The molecule has 0 saturated heterocycles. The first-order valence-corrected chi connectivity index (χ1v) is 5.75. The Kier molecular flexibility index (Phi) is 3.83. The van der Waals surface area contributed by atoms with Gasteiger partial charge in [0.25, 0.3) is 0 Å². The second kappa shape index (κ2) is 5.55. The Balaban J connectivity index is 2.31. The van der Waals surface area contributed by atoms with Crippen molar-refractivity contribution in [1.82, 2.24) is 5.32 Å². The van der Waals surface area contributed by atoms with Gasteiger partial charge in [-0.25, -0.2) is 0 Å². The molecule has 2 rings (SSSR count). The molecule has 3 heteroatoms. The van der Waals surface area contributed by atoms with E-state index in [1.807, 2.05) is 18.2 Å². The van der Waals surface area contributed by atoms with Gasteiger partial charge in [0.1, 0.15) is 5.75 Å². The molecule has 0 aliphatic heterocycles. The lowest BCUT2D eigenvalue weighted by Gasteiger charge is -2.10. The van der Waals surface area contributed by atoms with Crippen molar-refractivity contribution in [3.63, 3.8) is 0 Å². The van der Waals surface area contributed by atoms with Crippen molar-refractivity contribution in [3.8, 4) is 16.9 Å². The van der Waals surface area contributed by atoms with Gasteiger partial charge in [0.05, 0.1) is 19.6 Å². The summed E-state index contributed by atoms with van der Waals surface area (Å²) in [6, 6.07) is 8.12. The number of nitrogens with one attached hydrogen (secondary N) is 1. The van der Waals surface area contributed by atoms with Gasteiger partial charge in [-0.2, -0.15) is 0 Å². The van der Waals surface area contributed by atoms with Crippen LogP contribution in [0, 0.1) is 0 Å². The van der Waals surface area contributed by atoms with E-state index in [2.05, 4.69) is 18.3 Å². The van der Waals surface area contributed by atoms with E-state index < -0.39 is 0 Å². The summed E-state index contributed by atoms with van der Waals surface area (Å²) in [6.45, 7) is 3.84. The van der Waals surface area contributed by atoms with Crippen LogP contribution >= 0.6 is 0 Å². The number of methoxy groups -OCH3 is 1. The first-order chi connectivity index (χ1) is 8.35. The molecule has 1 aromatic carbocycles. The highest BCUT2D eigenvalue weighted by molar-refractivity contribution is 5.64. The van der Waals surface area contributed by atoms with E-state index in [9.17, 15) is 0 Å². The lowest BCUT2D eigenvalue weighted by Crippen LogP contribution is -2.12. The quantitative estimate of drug-likeness (QED) is 0.858. The lowest BCUT2D eigenvalue weighted by molar-refractivity contribution is 0.408. The summed E-state index contributed by atoms with van der Waals surface area (Å²) in [5.41, 5.74) is 3.39. The van der Waals surface area contributed by atoms with Crippen molar-refractivity contribution in [2.45, 2.75) is 13.5 Å². The predicted octanol–water partition coefficient (Wildman–Crippen LogP) is 3.06. The van der Waals surface area contributed by atoms with E-state index in [1.54, 1.807) is 19.6 Å². The van der Waals surface area contributed by atoms with Crippen LogP contribution in [0.4, 0.5) is 0 Å². The summed E-state index contributed by atoms with van der Waals surface area (Å²) >= 11 is 0. The number of furan rings is 1. The average Bonchev–Trinajstić information content (AvgIpc) is 2.89. The molecule has 90 valence electrons. The molecule has 17 heavy (non-hydrogen) atoms. The highest BCUT2D eigenvalue weighted by Crippen LogP contribution is 2.26. The Morgan fingerprint density at radius 3 is 2.76 bits per heavy atom. The normalized spacial score (nSPS) is 10.5. The second-order valence-electron chi connectivity index (χ2n) is 3.82. The molecule has 0 atom stereocenters. The zero-order valence-electron chi connectivity index (χ0n) is 10.2. The minimum Gasteiger partial charge on any atom is -0.496 e. The molecule has 0 radical (unpaired) electrons. The largest absolute Gasteiger partial charge is 0.496 e. The highest BCUT2D eigenvalue weighted by atomic mass is 16.5. The average molecular weight is 231 g/mol. The molecule has 0 aliphatic rings. The molecular weight excluding hydrogens is 214 g/mol. The van der Waals surface area contributed by atoms with Crippen LogP contribution in [0.3, 0.4) is 0 Å². The van der Waals surface area contributed by atoms with Crippen molar-refractivity contribution in [2.24, 2.45) is 0 Å². The third kappa shape index (κ3) is 2.68. The minimum atomic E-state index is 0.811. The van der Waals surface area contributed by atoms with Gasteiger partial charge in [-0.05, 0) is 30.3 Å². The van der Waals surface area contributed by atoms with Gasteiger partial charge in [-0.1, -0.05) is 13.0 Å². The summed E-state index contributed by atoms with van der Waals surface area (Å²) in [6.07, 6.45) is 3.43. The number of hydrogen-bond donors (Lipinski definition) is 1. The molecular formula is C14H17NO2. The van der Waals surface area contributed by atoms with Gasteiger partial charge in [-0.15, -0.1) is 0 Å². The van der Waals surface area contributed by atoms with Crippen LogP contribution in [0.5, 0.6) is 5.75 Å². The molecule has 2 aromatic rings. The zero-order chi connectivity index (χ0) is 12.1. The van der Waals surface area contributed by atoms with Crippen LogP contribution in [0.25, 0.3) is 11.1 Å². The fraction of sp³-hybridized carbons (Fsp3) is 0.286. The number of ether oxygens (including phenoxy) is 1. The molecule has 0 aliphatic carbocycles. The van der Waals surface area contributed by atoms with Crippen molar-refractivity contribution in [3.05, 3.63) is 42.4 Å². The zero-order valence-corrected chi connectivity index (χ0v) is 10.2. The maximum Gasteiger partial charge on any atom is 0.123 e. The Morgan fingerprint density at radius 2 is 2.12 bits per heavy atom. The summed E-state index contributed by atoms with van der Waals surface area (Å²) in [7, 11) is 1.70. The molecule has 1 aromatic heterocycles. The maximum absolute atomic E-state index is 5.35. The van der Waals surface area contributed by atoms with E-state index >= 15 is 0 Å². The van der Waals surface area contributed by atoms with Crippen LogP contribution in [0.15, 0.2) is 41.2 Å². The molecule has 1 heterocycles. The maximum atomic E-state index is 5.35. The van der Waals surface area contributed by atoms with E-state index in [0.717, 1.165) is 35.5 Å². The first kappa shape index (κ1) is 11.7. The summed E-state index contributed by atoms with van der Waals surface area (Å²) < 4.78 is 10.5. The molecule has 0 bridgehead atoms. The number of hydrogen-bond acceptors (Lipinski definition) is 3. The van der Waals surface area contributed by atoms with E-state index in [-0.39, 0.29) is 0 Å². The van der Waals surface area contributed by atoms with Crippen molar-refractivity contribution >= 4 is 0 Å². The molecule has 1 N–H and O–H groups in total. The van der Waals surface area contributed by atoms with Gasteiger partial charge >= 0.3 is 0 Å². The Morgan fingerprint density at radius 1 is 1.24 bits per heavy atom. The Bertz CT molecular complexity index is 463. The van der Waals surface area contributed by atoms with Gasteiger partial charge in [-0.3, -0.25) is 0 Å². The minimum absolute atomic E-state index is 0.811. The van der Waals surface area contributed by atoms with E-state index in [0.29, 0.717) is 0 Å². The fourth-order valence-electron chi connectivity index (χ4n) is 1.78. The molecule has 0 unspecified atom stereocenters. The smallest absolute Gasteiger partial charge is 0.123 e. The van der Waals surface area contributed by atoms with Crippen molar-refractivity contribution in [1.29, 1.82) is 0 Å². The number of benzene rings is 1. The standard InChI is InChI=1S/C14H17NO2/c1-3-15-9-13-8-11(4-5-14(13)16-2)12-6-7-17-10-12/h4-8,10,15H,3,9H2,1-2H3. The second-order valence-corrected chi connectivity index (χ2v) is 3.82. The molecule has 0 spiro atoms. The highest BCUT2D eigenvalue weighted by Gasteiger charge is 2.06. The summed E-state index contributed by atoms with van der Waals surface area (Å²) in [4.78, 5) is 0. The van der Waals surface area contributed by atoms with Gasteiger partial charge in [0.15, 0.2) is 0 Å². The molecule has 0 saturated carbocycles. The van der Waals surface area contributed by atoms with Crippen LogP contribution in [0.2, 0.25) is 0 Å². The van der Waals surface area contributed by atoms with E-state index in [1.165, 1.54) is 0 Å². The van der Waals surface area contributed by atoms with Gasteiger partial charge < -0.3 is 14.5 Å². The lowest BCUT2D eigenvalue weighted by atomic mass is 10.0. The molecule has 0 fully saturated rings. The molecule has 3 nitrogen and oxygen atoms in total. The van der Waals surface area contributed by atoms with Gasteiger partial charge in [0, 0.05) is 17.7 Å². The van der Waals surface area contributed by atoms with E-state index in [4.69, 9.17) is 9.15 Å². The summed E-state index contributed by atoms with van der Waals surface area (Å²) in [5.74, 6) is 0.915. The van der Waals surface area contributed by atoms with Crippen LogP contribution < -0.4 is 10.1 Å². The topological polar surface area (TPSA) is 34.4 Å². The van der Waals surface area contributed by atoms with Crippen LogP contribution in [-0.4, -0.2) is 13.7 Å². The molecule has 0 amide bonds. The van der Waals surface area contributed by atoms with Crippen molar-refractivity contribution < 1.29 is 9.15 Å². The Hall–Kier alpha value is -1.74. The Labute approximate surface area is 101 Å². The van der Waals surface area contributed by atoms with Crippen LogP contribution in [0.1, 0.15) is 12.5 Å². The number of rotatable bonds is 5. The first-order valence-electron chi connectivity index (χ1n) is 5.75. The third-order valence-corrected chi connectivity index (χ3v) is 2.70. The van der Waals surface area contributed by atoms with Crippen LogP contribution in [-0.2, 0) is 6.54 Å². The van der Waals surface area contributed by atoms with Gasteiger partial charge in [0.2, 0.25) is 0 Å². The SMILES string of the molecule is CCNCc1cc(-c2ccoc2)ccc1OC. The monoisotopic (exact) mass is 231 g/mol. The fourth-order valence-corrected chi connectivity index (χ4v) is 1.78. The van der Waals surface area contributed by atoms with Crippen molar-refractivity contribution in [2.75, 3.05) is 13.7 Å². The summed E-state index contributed by atoms with van der Waals surface area (Å²) in [5, 5.41) is 3.31.